The summed E-state index contributed by atoms with van der Waals surface area (Å²) in [6.45, 7) is 14.3. The van der Waals surface area contributed by atoms with Crippen molar-refractivity contribution in [3.8, 4) is 0 Å². The van der Waals surface area contributed by atoms with Crippen LogP contribution >= 0.6 is 11.6 Å². The number of carbonyl (C=O) groups is 2. The molecule has 1 saturated heterocycles. The van der Waals surface area contributed by atoms with E-state index in [0.717, 1.165) is 56.3 Å². The van der Waals surface area contributed by atoms with Gasteiger partial charge in [-0.15, -0.1) is 0 Å². The molecule has 2 aromatic carbocycles. The van der Waals surface area contributed by atoms with E-state index in [0.29, 0.717) is 47.3 Å². The third-order valence-electron chi connectivity index (χ3n) is 11.5. The van der Waals surface area contributed by atoms with Crippen molar-refractivity contribution in [1.29, 1.82) is 0 Å². The molecule has 11 nitrogen and oxygen atoms in total. The fourth-order valence-corrected chi connectivity index (χ4v) is 8.77. The first-order chi connectivity index (χ1) is 26.9. The highest BCUT2D eigenvalue weighted by molar-refractivity contribution is 6.44. The molecule has 4 unspecified atom stereocenters. The lowest BCUT2D eigenvalue weighted by atomic mass is 9.75. The van der Waals surface area contributed by atoms with Crippen LogP contribution in [0.5, 0.6) is 0 Å². The molecule has 1 aromatic heterocycles. The molecule has 1 saturated carbocycles. The number of amides is 1. The largest absolute Gasteiger partial charge is 0.458 e. The Kier molecular flexibility index (Phi) is 13.5. The van der Waals surface area contributed by atoms with Gasteiger partial charge in [0, 0.05) is 41.4 Å². The van der Waals surface area contributed by atoms with E-state index in [-0.39, 0.29) is 65.5 Å². The maximum Gasteiger partial charge on any atom is 0.343 e. The van der Waals surface area contributed by atoms with E-state index < -0.39 is 11.5 Å². The zero-order valence-corrected chi connectivity index (χ0v) is 34.3. The van der Waals surface area contributed by atoms with Gasteiger partial charge in [0.2, 0.25) is 5.91 Å². The molecule has 3 aliphatic rings. The van der Waals surface area contributed by atoms with Crippen molar-refractivity contribution in [1.82, 2.24) is 9.55 Å². The Morgan fingerprint density at radius 1 is 1.07 bits per heavy atom. The number of esters is 1. The molecule has 6 rings (SSSR count). The lowest BCUT2D eigenvalue weighted by Gasteiger charge is -2.37. The zero-order chi connectivity index (χ0) is 40.1. The van der Waals surface area contributed by atoms with Crippen LogP contribution in [-0.2, 0) is 19.1 Å². The predicted octanol–water partition coefficient (Wildman–Crippen LogP) is 8.06. The minimum Gasteiger partial charge on any atom is -0.458 e. The number of benzene rings is 2. The van der Waals surface area contributed by atoms with Crippen molar-refractivity contribution >= 4 is 57.7 Å². The summed E-state index contributed by atoms with van der Waals surface area (Å²) in [4.78, 5) is 54.7. The fraction of sp³-hybridized carbons (Fsp3) is 0.523. The van der Waals surface area contributed by atoms with Crippen LogP contribution in [-0.4, -0.2) is 70.9 Å². The molecule has 3 heterocycles. The summed E-state index contributed by atoms with van der Waals surface area (Å²) in [6, 6.07) is 14.3. The number of carbonyl (C=O) groups excluding carboxylic acids is 2. The highest BCUT2D eigenvalue weighted by Gasteiger charge is 2.41. The minimum absolute atomic E-state index is 0.00924. The Morgan fingerprint density at radius 2 is 1.80 bits per heavy atom. The second kappa shape index (κ2) is 18.3. The van der Waals surface area contributed by atoms with Crippen molar-refractivity contribution in [3.63, 3.8) is 0 Å². The minimum atomic E-state index is -0.601. The summed E-state index contributed by atoms with van der Waals surface area (Å²) < 4.78 is 13.6. The molecule has 0 radical (unpaired) electrons. The molecule has 300 valence electrons. The number of nitrogens with one attached hydrogen (secondary N) is 1. The van der Waals surface area contributed by atoms with Crippen LogP contribution in [0.2, 0.25) is 5.02 Å². The van der Waals surface area contributed by atoms with Gasteiger partial charge in [-0.25, -0.2) is 19.3 Å². The van der Waals surface area contributed by atoms with Gasteiger partial charge in [0.25, 0.3) is 5.56 Å². The van der Waals surface area contributed by atoms with Gasteiger partial charge >= 0.3 is 5.97 Å². The monoisotopic (exact) mass is 785 g/mol. The maximum absolute atomic E-state index is 14.7. The molecule has 12 heteroatoms. The number of hydrogen-bond donors (Lipinski definition) is 2. The summed E-state index contributed by atoms with van der Waals surface area (Å²) in [5.74, 6) is 0.0948. The smallest absolute Gasteiger partial charge is 0.343 e. The Morgan fingerprint density at radius 3 is 2.46 bits per heavy atom. The average Bonchev–Trinajstić information content (AvgIpc) is 3.77. The van der Waals surface area contributed by atoms with E-state index in [4.69, 9.17) is 31.1 Å². The third-order valence-corrected chi connectivity index (χ3v) is 11.7. The van der Waals surface area contributed by atoms with E-state index in [1.54, 1.807) is 24.3 Å². The fourth-order valence-electron chi connectivity index (χ4n) is 8.65. The standard InChI is InChI=1S/C44H56ClN5O6/c1-7-9-10-30(8-2)43(53)48-36-24-37(52)50-41(46-35-16-15-33(23-27(35)4)49-18-17-34(25-49)55-20-19-51)38(31-11-13-32(45)14-12-31)39(42(50)47-36)44(54)56-40-28(5)21-26(3)22-29(40)6/h11-16,23-24,26,28-30,34,40,51H,7-10,17-22,25H2,1-6H3,(H,48,53). The number of anilines is 2. The van der Waals surface area contributed by atoms with Crippen molar-refractivity contribution in [2.75, 3.05) is 36.5 Å². The number of aryl methyl sites for hydroxylation is 1. The number of halogens is 1. The third kappa shape index (κ3) is 9.11. The number of unbranched alkanes of at least 4 members (excludes halogenated alkanes) is 1. The van der Waals surface area contributed by atoms with Crippen LogP contribution < -0.4 is 15.8 Å². The summed E-state index contributed by atoms with van der Waals surface area (Å²) in [5, 5.41) is 12.6. The van der Waals surface area contributed by atoms with E-state index in [9.17, 15) is 19.5 Å². The normalized spacial score (nSPS) is 23.4. The van der Waals surface area contributed by atoms with Crippen molar-refractivity contribution < 1.29 is 24.2 Å². The quantitative estimate of drug-likeness (QED) is 0.157. The second-order valence-electron chi connectivity index (χ2n) is 15.9. The highest BCUT2D eigenvalue weighted by atomic mass is 35.5. The average molecular weight is 786 g/mol. The van der Waals surface area contributed by atoms with Crippen molar-refractivity contribution in [2.45, 2.75) is 98.7 Å². The Balaban J connectivity index is 1.48. The molecule has 1 aliphatic carbocycles. The van der Waals surface area contributed by atoms with Crippen molar-refractivity contribution in [3.05, 3.63) is 80.9 Å². The number of hydrogen-bond acceptors (Lipinski definition) is 9. The molecule has 4 atom stereocenters. The first-order valence-corrected chi connectivity index (χ1v) is 20.6. The van der Waals surface area contributed by atoms with Gasteiger partial charge in [0.05, 0.1) is 25.0 Å². The summed E-state index contributed by atoms with van der Waals surface area (Å²) in [7, 11) is 0. The lowest BCUT2D eigenvalue weighted by Crippen LogP contribution is -2.37. The SMILES string of the molecule is CCCCC(CC)C(=O)Nc1cc(=O)n2c(n1)C(C(=O)OC1C(C)CC(C)CC1C)=C(c1ccc(Cl)cc1)C2=Nc1ccc(N2CCC(OCCO)C2)cc1C. The summed E-state index contributed by atoms with van der Waals surface area (Å²) >= 11 is 6.36. The molecule has 2 fully saturated rings. The van der Waals surface area contributed by atoms with Gasteiger partial charge in [-0.2, -0.15) is 0 Å². The Hall–Kier alpha value is -4.32. The molecule has 2 aliphatic heterocycles. The Bertz CT molecular complexity index is 2010. The molecule has 56 heavy (non-hydrogen) atoms. The number of aromatic nitrogens is 2. The van der Waals surface area contributed by atoms with E-state index in [1.807, 2.05) is 26.0 Å². The number of rotatable bonds is 14. The first kappa shape index (κ1) is 41.3. The van der Waals surface area contributed by atoms with Crippen LogP contribution in [0, 0.1) is 30.6 Å². The number of aliphatic hydroxyl groups is 1. The number of aliphatic hydroxyl groups excluding tert-OH is 1. The van der Waals surface area contributed by atoms with Gasteiger partial charge in [-0.3, -0.25) is 9.59 Å². The lowest BCUT2D eigenvalue weighted by molar-refractivity contribution is -0.150. The molecule has 1 amide bonds. The van der Waals surface area contributed by atoms with Crippen molar-refractivity contribution in [2.24, 2.45) is 28.7 Å². The number of allylic oxidation sites excluding steroid dienone is 1. The molecule has 0 spiro atoms. The highest BCUT2D eigenvalue weighted by Crippen LogP contribution is 2.40. The van der Waals surface area contributed by atoms with Gasteiger partial charge in [-0.05, 0) is 98.2 Å². The van der Waals surface area contributed by atoms with Gasteiger partial charge in [0.15, 0.2) is 11.7 Å². The molecule has 2 N–H and O–H groups in total. The topological polar surface area (TPSA) is 135 Å². The van der Waals surface area contributed by atoms with Gasteiger partial charge in [0.1, 0.15) is 17.5 Å². The summed E-state index contributed by atoms with van der Waals surface area (Å²) in [6.07, 6.45) is 5.68. The molecular weight excluding hydrogens is 730 g/mol. The number of ether oxygens (including phenoxy) is 2. The molecule has 0 bridgehead atoms. The molecular formula is C44H56ClN5O6. The molecule has 3 aromatic rings. The van der Waals surface area contributed by atoms with Gasteiger partial charge in [-0.1, -0.05) is 71.2 Å². The van der Waals surface area contributed by atoms with Crippen LogP contribution in [0.25, 0.3) is 11.1 Å². The van der Waals surface area contributed by atoms with E-state index in [1.165, 1.54) is 10.6 Å². The van der Waals surface area contributed by atoms with Crippen LogP contribution in [0.1, 0.15) is 96.5 Å². The van der Waals surface area contributed by atoms with Crippen LogP contribution in [0.15, 0.2) is 58.3 Å². The zero-order valence-electron chi connectivity index (χ0n) is 33.5. The maximum atomic E-state index is 14.7. The number of fused-ring (bicyclic) bond motifs is 1. The summed E-state index contributed by atoms with van der Waals surface area (Å²) in [5.41, 5.74) is 3.11. The van der Waals surface area contributed by atoms with E-state index in [2.05, 4.69) is 44.0 Å². The van der Waals surface area contributed by atoms with E-state index >= 15 is 0 Å². The van der Waals surface area contributed by atoms with Crippen LogP contribution in [0.3, 0.4) is 0 Å². The van der Waals surface area contributed by atoms with Gasteiger partial charge < -0.3 is 24.8 Å². The number of nitrogens with zero attached hydrogens (tertiary/aromatic N) is 4. The predicted molar refractivity (Wildman–Crippen MR) is 223 cm³/mol. The van der Waals surface area contributed by atoms with Crippen LogP contribution in [0.4, 0.5) is 17.2 Å². The first-order valence-electron chi connectivity index (χ1n) is 20.3. The number of aliphatic imine (C=N–C) groups is 1. The second-order valence-corrected chi connectivity index (χ2v) is 16.3. The Labute approximate surface area is 335 Å².